The first-order valence-corrected chi connectivity index (χ1v) is 8.86. The van der Waals surface area contributed by atoms with Gasteiger partial charge in [0.2, 0.25) is 5.91 Å². The first kappa shape index (κ1) is 17.0. The van der Waals surface area contributed by atoms with E-state index >= 15 is 0 Å². The number of nitrogens with two attached hydrogens (primary N) is 1. The molecule has 5 nitrogen and oxygen atoms in total. The Bertz CT molecular complexity index is 480. The molecule has 1 aromatic heterocycles. The third-order valence-electron chi connectivity index (χ3n) is 4.27. The van der Waals surface area contributed by atoms with Gasteiger partial charge in [-0.2, -0.15) is 11.3 Å². The number of hydrogen-bond donors (Lipinski definition) is 2. The summed E-state index contributed by atoms with van der Waals surface area (Å²) in [5.41, 5.74) is 6.60. The number of carbonyl (C=O) groups excluding carboxylic acids is 2. The molecule has 3 N–H and O–H groups in total. The highest BCUT2D eigenvalue weighted by Crippen LogP contribution is 2.20. The van der Waals surface area contributed by atoms with Crippen LogP contribution in [0.1, 0.15) is 43.0 Å². The number of carbonyl (C=O) groups is 2. The van der Waals surface area contributed by atoms with Crippen molar-refractivity contribution < 1.29 is 9.59 Å². The first-order valence-electron chi connectivity index (χ1n) is 7.91. The zero-order valence-electron chi connectivity index (χ0n) is 13.1. The first-order chi connectivity index (χ1) is 10.6. The summed E-state index contributed by atoms with van der Waals surface area (Å²) < 4.78 is 0. The maximum absolute atomic E-state index is 12.1. The van der Waals surface area contributed by atoms with Gasteiger partial charge < -0.3 is 16.0 Å². The van der Waals surface area contributed by atoms with Gasteiger partial charge >= 0.3 is 0 Å². The summed E-state index contributed by atoms with van der Waals surface area (Å²) in [5.74, 6) is 0.660. The van der Waals surface area contributed by atoms with Crippen molar-refractivity contribution in [3.8, 4) is 0 Å². The monoisotopic (exact) mass is 323 g/mol. The van der Waals surface area contributed by atoms with E-state index in [1.54, 1.807) is 6.07 Å². The van der Waals surface area contributed by atoms with Crippen molar-refractivity contribution in [1.82, 2.24) is 10.2 Å². The minimum atomic E-state index is -0.0635. The smallest absolute Gasteiger partial charge is 0.252 e. The van der Waals surface area contributed by atoms with Gasteiger partial charge in [0, 0.05) is 43.0 Å². The van der Waals surface area contributed by atoms with E-state index in [2.05, 4.69) is 5.32 Å². The van der Waals surface area contributed by atoms with Gasteiger partial charge in [-0.1, -0.05) is 0 Å². The van der Waals surface area contributed by atoms with Crippen molar-refractivity contribution >= 4 is 23.2 Å². The van der Waals surface area contributed by atoms with E-state index in [4.69, 9.17) is 5.73 Å². The molecule has 122 valence electrons. The lowest BCUT2D eigenvalue weighted by molar-refractivity contribution is -0.132. The minimum Gasteiger partial charge on any atom is -0.352 e. The van der Waals surface area contributed by atoms with Crippen molar-refractivity contribution in [2.45, 2.75) is 38.6 Å². The van der Waals surface area contributed by atoms with Crippen LogP contribution in [0.4, 0.5) is 0 Å². The van der Waals surface area contributed by atoms with E-state index in [-0.39, 0.29) is 17.9 Å². The Morgan fingerprint density at radius 2 is 2.18 bits per heavy atom. The number of nitrogens with one attached hydrogen (secondary N) is 1. The van der Waals surface area contributed by atoms with Crippen molar-refractivity contribution in [1.29, 1.82) is 0 Å². The number of nitrogens with zero attached hydrogens (tertiary/aromatic N) is 1. The number of rotatable bonds is 6. The third kappa shape index (κ3) is 4.81. The Hall–Kier alpha value is -1.40. The molecule has 2 heterocycles. The van der Waals surface area contributed by atoms with Crippen LogP contribution >= 0.6 is 11.3 Å². The molecule has 0 bridgehead atoms. The zero-order chi connectivity index (χ0) is 15.9. The van der Waals surface area contributed by atoms with Gasteiger partial charge in [0.25, 0.3) is 5.91 Å². The second kappa shape index (κ2) is 8.29. The van der Waals surface area contributed by atoms with E-state index in [0.717, 1.165) is 25.9 Å². The summed E-state index contributed by atoms with van der Waals surface area (Å²) in [5, 5.41) is 6.55. The van der Waals surface area contributed by atoms with E-state index in [1.807, 2.05) is 22.6 Å². The van der Waals surface area contributed by atoms with Gasteiger partial charge in [0.15, 0.2) is 0 Å². The zero-order valence-corrected chi connectivity index (χ0v) is 13.9. The molecular formula is C16H25N3O2S. The van der Waals surface area contributed by atoms with Crippen LogP contribution in [0.25, 0.3) is 0 Å². The number of likely N-dealkylation sites (tertiary alicyclic amines) is 1. The molecule has 0 aromatic carbocycles. The molecule has 1 aliphatic heterocycles. The van der Waals surface area contributed by atoms with Gasteiger partial charge in [-0.3, -0.25) is 9.59 Å². The van der Waals surface area contributed by atoms with Crippen LogP contribution in [0.5, 0.6) is 0 Å². The Kier molecular flexibility index (Phi) is 6.39. The Labute approximate surface area is 135 Å². The quantitative estimate of drug-likeness (QED) is 0.785. The van der Waals surface area contributed by atoms with Crippen molar-refractivity contribution in [2.24, 2.45) is 11.7 Å². The van der Waals surface area contributed by atoms with Crippen LogP contribution in [0.3, 0.4) is 0 Å². The number of hydrogen-bond acceptors (Lipinski definition) is 4. The molecule has 0 radical (unpaired) electrons. The number of piperidine rings is 1. The van der Waals surface area contributed by atoms with E-state index in [9.17, 15) is 9.59 Å². The number of amides is 2. The third-order valence-corrected chi connectivity index (χ3v) is 4.96. The van der Waals surface area contributed by atoms with E-state index < -0.39 is 0 Å². The lowest BCUT2D eigenvalue weighted by Crippen LogP contribution is -2.42. The Morgan fingerprint density at radius 1 is 1.45 bits per heavy atom. The fourth-order valence-corrected chi connectivity index (χ4v) is 3.41. The molecule has 0 saturated carbocycles. The molecule has 1 saturated heterocycles. The fourth-order valence-electron chi connectivity index (χ4n) is 2.77. The molecule has 6 heteroatoms. The lowest BCUT2D eigenvalue weighted by atomic mass is 9.91. The van der Waals surface area contributed by atoms with Crippen LogP contribution in [-0.4, -0.2) is 42.4 Å². The van der Waals surface area contributed by atoms with E-state index in [0.29, 0.717) is 30.9 Å². The average molecular weight is 323 g/mol. The highest BCUT2D eigenvalue weighted by atomic mass is 32.1. The molecule has 1 aromatic rings. The van der Waals surface area contributed by atoms with Gasteiger partial charge in [-0.15, -0.1) is 0 Å². The SMILES string of the molecule is CC(N)C1CCN(C(=O)CCCNC(=O)c2ccsc2)CC1. The molecule has 22 heavy (non-hydrogen) atoms. The summed E-state index contributed by atoms with van der Waals surface area (Å²) >= 11 is 1.50. The summed E-state index contributed by atoms with van der Waals surface area (Å²) in [6, 6.07) is 2.01. The summed E-state index contributed by atoms with van der Waals surface area (Å²) in [7, 11) is 0. The van der Waals surface area contributed by atoms with E-state index in [1.165, 1.54) is 11.3 Å². The highest BCUT2D eigenvalue weighted by Gasteiger charge is 2.24. The topological polar surface area (TPSA) is 75.4 Å². The average Bonchev–Trinajstić information content (AvgIpc) is 3.05. The molecule has 0 aliphatic carbocycles. The standard InChI is InChI=1S/C16H25N3O2S/c1-12(17)13-4-8-19(9-5-13)15(20)3-2-7-18-16(21)14-6-10-22-11-14/h6,10-13H,2-5,7-9,17H2,1H3,(H,18,21). The molecule has 2 rings (SSSR count). The predicted octanol–water partition coefficient (Wildman–Crippen LogP) is 1.84. The highest BCUT2D eigenvalue weighted by molar-refractivity contribution is 7.08. The van der Waals surface area contributed by atoms with Crippen LogP contribution in [0.2, 0.25) is 0 Å². The normalized spacial score (nSPS) is 17.3. The second-order valence-electron chi connectivity index (χ2n) is 5.95. The maximum Gasteiger partial charge on any atom is 0.252 e. The van der Waals surface area contributed by atoms with Gasteiger partial charge in [0.05, 0.1) is 0 Å². The van der Waals surface area contributed by atoms with Gasteiger partial charge in [0.1, 0.15) is 0 Å². The minimum absolute atomic E-state index is 0.0635. The summed E-state index contributed by atoms with van der Waals surface area (Å²) in [6.07, 6.45) is 3.17. The molecule has 0 spiro atoms. The van der Waals surface area contributed by atoms with Gasteiger partial charge in [-0.25, -0.2) is 0 Å². The van der Waals surface area contributed by atoms with Gasteiger partial charge in [-0.05, 0) is 43.6 Å². The lowest BCUT2D eigenvalue weighted by Gasteiger charge is -2.33. The summed E-state index contributed by atoms with van der Waals surface area (Å²) in [6.45, 7) is 4.20. The fraction of sp³-hybridized carbons (Fsp3) is 0.625. The van der Waals surface area contributed by atoms with Crippen LogP contribution in [0, 0.1) is 5.92 Å². The molecule has 1 atom stereocenters. The Balaban J connectivity index is 1.61. The van der Waals surface area contributed by atoms with Crippen LogP contribution in [-0.2, 0) is 4.79 Å². The molecule has 1 aliphatic rings. The van der Waals surface area contributed by atoms with Crippen molar-refractivity contribution in [3.63, 3.8) is 0 Å². The molecule has 1 unspecified atom stereocenters. The predicted molar refractivity (Wildman–Crippen MR) is 88.8 cm³/mol. The maximum atomic E-state index is 12.1. The molecule has 1 fully saturated rings. The summed E-state index contributed by atoms with van der Waals surface area (Å²) in [4.78, 5) is 25.8. The van der Waals surface area contributed by atoms with Crippen LogP contribution < -0.4 is 11.1 Å². The van der Waals surface area contributed by atoms with Crippen molar-refractivity contribution in [3.05, 3.63) is 22.4 Å². The number of thiophene rings is 1. The van der Waals surface area contributed by atoms with Crippen molar-refractivity contribution in [2.75, 3.05) is 19.6 Å². The second-order valence-corrected chi connectivity index (χ2v) is 6.73. The molecular weight excluding hydrogens is 298 g/mol. The largest absolute Gasteiger partial charge is 0.352 e. The van der Waals surface area contributed by atoms with Crippen LogP contribution in [0.15, 0.2) is 16.8 Å². The molecule has 2 amide bonds. The Morgan fingerprint density at radius 3 is 2.77 bits per heavy atom.